The van der Waals surface area contributed by atoms with Crippen LogP contribution in [0, 0.1) is 0 Å². The fourth-order valence-electron chi connectivity index (χ4n) is 2.43. The molecule has 1 amide bonds. The molecule has 2 rings (SSSR count). The van der Waals surface area contributed by atoms with E-state index in [1.807, 2.05) is 0 Å². The van der Waals surface area contributed by atoms with Crippen LogP contribution in [0.25, 0.3) is 6.08 Å². The van der Waals surface area contributed by atoms with E-state index < -0.39 is 17.9 Å². The molecule has 0 aliphatic heterocycles. The topological polar surface area (TPSA) is 64.6 Å². The fraction of sp³-hybridized carbons (Fsp3) is 0.273. The van der Waals surface area contributed by atoms with Crippen molar-refractivity contribution in [1.82, 2.24) is 5.32 Å². The third-order valence-corrected chi connectivity index (χ3v) is 4.07. The quantitative estimate of drug-likeness (QED) is 0.413. The molecule has 0 heterocycles. The summed E-state index contributed by atoms with van der Waals surface area (Å²) in [7, 11) is 0. The lowest BCUT2D eigenvalue weighted by molar-refractivity contribution is -0.274. The molecular formula is C22H21BrF3NO4. The maximum atomic E-state index is 12.5. The molecule has 0 saturated carbocycles. The summed E-state index contributed by atoms with van der Waals surface area (Å²) >= 11 is 3.33. The number of alkyl halides is 3. The second-order valence-corrected chi connectivity index (χ2v) is 8.43. The highest BCUT2D eigenvalue weighted by Crippen LogP contribution is 2.23. The van der Waals surface area contributed by atoms with Crippen LogP contribution >= 0.6 is 15.9 Å². The zero-order chi connectivity index (χ0) is 23.2. The Morgan fingerprint density at radius 2 is 1.71 bits per heavy atom. The smallest absolute Gasteiger partial charge is 0.457 e. The second-order valence-electron chi connectivity index (χ2n) is 7.51. The van der Waals surface area contributed by atoms with Gasteiger partial charge in [-0.1, -0.05) is 28.1 Å². The minimum absolute atomic E-state index is 0.112. The molecule has 0 atom stereocenters. The molecule has 1 N–H and O–H groups in total. The summed E-state index contributed by atoms with van der Waals surface area (Å²) in [6.45, 7) is 5.40. The number of halogens is 4. The highest BCUT2D eigenvalue weighted by Gasteiger charge is 2.30. The van der Waals surface area contributed by atoms with Crippen molar-refractivity contribution in [3.8, 4) is 5.75 Å². The van der Waals surface area contributed by atoms with Gasteiger partial charge in [-0.05, 0) is 68.3 Å². The van der Waals surface area contributed by atoms with Crippen LogP contribution in [-0.2, 0) is 16.1 Å². The Morgan fingerprint density at radius 3 is 2.29 bits per heavy atom. The predicted molar refractivity (Wildman–Crippen MR) is 113 cm³/mol. The molecule has 9 heteroatoms. The molecule has 2 aromatic carbocycles. The van der Waals surface area contributed by atoms with Crippen LogP contribution in [0.4, 0.5) is 13.2 Å². The van der Waals surface area contributed by atoms with Gasteiger partial charge >= 0.3 is 12.3 Å². The Labute approximate surface area is 186 Å². The molecule has 0 unspecified atom stereocenters. The molecule has 5 nitrogen and oxygen atoms in total. The first kappa shape index (κ1) is 24.5. The van der Waals surface area contributed by atoms with Crippen LogP contribution < -0.4 is 10.1 Å². The maximum absolute atomic E-state index is 12.5. The second kappa shape index (κ2) is 10.00. The van der Waals surface area contributed by atoms with E-state index in [4.69, 9.17) is 4.74 Å². The van der Waals surface area contributed by atoms with E-state index in [9.17, 15) is 22.8 Å². The van der Waals surface area contributed by atoms with Crippen molar-refractivity contribution >= 4 is 33.9 Å². The van der Waals surface area contributed by atoms with E-state index in [2.05, 4.69) is 26.0 Å². The lowest BCUT2D eigenvalue weighted by Crippen LogP contribution is -2.23. The van der Waals surface area contributed by atoms with Crippen LogP contribution in [-0.4, -0.2) is 23.8 Å². The van der Waals surface area contributed by atoms with Crippen LogP contribution in [0.5, 0.6) is 5.75 Å². The molecule has 0 aromatic heterocycles. The number of hydrogen-bond acceptors (Lipinski definition) is 4. The molecule has 166 valence electrons. The van der Waals surface area contributed by atoms with Gasteiger partial charge in [-0.25, -0.2) is 4.79 Å². The number of carbonyl (C=O) groups excluding carboxylic acids is 2. The van der Waals surface area contributed by atoms with Gasteiger partial charge in [0.2, 0.25) is 0 Å². The summed E-state index contributed by atoms with van der Waals surface area (Å²) in [5, 5.41) is 2.69. The van der Waals surface area contributed by atoms with Gasteiger partial charge in [-0.15, -0.1) is 13.2 Å². The van der Waals surface area contributed by atoms with Crippen LogP contribution in [0.15, 0.2) is 53.0 Å². The third kappa shape index (κ3) is 9.25. The van der Waals surface area contributed by atoms with E-state index >= 15 is 0 Å². The first-order chi connectivity index (χ1) is 14.3. The zero-order valence-corrected chi connectivity index (χ0v) is 18.6. The molecule has 0 fully saturated rings. The maximum Gasteiger partial charge on any atom is 0.573 e. The fourth-order valence-corrected chi connectivity index (χ4v) is 2.94. The van der Waals surface area contributed by atoms with E-state index in [0.717, 1.165) is 0 Å². The van der Waals surface area contributed by atoms with Crippen molar-refractivity contribution in [2.24, 2.45) is 0 Å². The number of ether oxygens (including phenoxy) is 2. The SMILES string of the molecule is CC(C)(C)OC(=O)/C=C/c1cc(Br)cc(C(=O)NCc2ccc(OC(F)(F)F)cc2)c1. The van der Waals surface area contributed by atoms with E-state index in [1.165, 1.54) is 36.4 Å². The van der Waals surface area contributed by atoms with Crippen molar-refractivity contribution in [3.05, 3.63) is 69.7 Å². The number of rotatable bonds is 6. The average molecular weight is 500 g/mol. The summed E-state index contributed by atoms with van der Waals surface area (Å²) in [6.07, 6.45) is -1.94. The molecule has 0 bridgehead atoms. The molecule has 0 saturated heterocycles. The monoisotopic (exact) mass is 499 g/mol. The first-order valence-corrected chi connectivity index (χ1v) is 9.94. The number of esters is 1. The highest BCUT2D eigenvalue weighted by molar-refractivity contribution is 9.10. The Bertz CT molecular complexity index is 964. The van der Waals surface area contributed by atoms with E-state index in [1.54, 1.807) is 39.0 Å². The number of carbonyl (C=O) groups is 2. The van der Waals surface area contributed by atoms with Gasteiger partial charge in [-0.2, -0.15) is 0 Å². The van der Waals surface area contributed by atoms with Crippen molar-refractivity contribution in [1.29, 1.82) is 0 Å². The van der Waals surface area contributed by atoms with Gasteiger partial charge in [0.1, 0.15) is 11.4 Å². The number of nitrogens with one attached hydrogen (secondary N) is 1. The molecule has 0 aliphatic carbocycles. The number of amides is 1. The van der Waals surface area contributed by atoms with Gasteiger partial charge in [0.25, 0.3) is 5.91 Å². The molecule has 0 spiro atoms. The standard InChI is InChI=1S/C22H21BrF3NO4/c1-21(2,3)31-19(28)9-6-15-10-16(12-17(23)11-15)20(29)27-13-14-4-7-18(8-5-14)30-22(24,25)26/h4-12H,13H2,1-3H3,(H,27,29)/b9-6+. The highest BCUT2D eigenvalue weighted by atomic mass is 79.9. The van der Waals surface area contributed by atoms with Crippen LogP contribution in [0.1, 0.15) is 42.3 Å². The molecule has 0 radical (unpaired) electrons. The zero-order valence-electron chi connectivity index (χ0n) is 17.0. The normalized spacial score (nSPS) is 12.0. The van der Waals surface area contributed by atoms with Crippen LogP contribution in [0.3, 0.4) is 0 Å². The Morgan fingerprint density at radius 1 is 1.06 bits per heavy atom. The Hall–Kier alpha value is -2.81. The van der Waals surface area contributed by atoms with Crippen molar-refractivity contribution in [2.75, 3.05) is 0 Å². The lowest BCUT2D eigenvalue weighted by atomic mass is 10.1. The van der Waals surface area contributed by atoms with Gasteiger partial charge < -0.3 is 14.8 Å². The minimum atomic E-state index is -4.76. The average Bonchev–Trinajstić information content (AvgIpc) is 2.62. The Kier molecular flexibility index (Phi) is 7.89. The lowest BCUT2D eigenvalue weighted by Gasteiger charge is -2.17. The van der Waals surface area contributed by atoms with Crippen molar-refractivity contribution in [2.45, 2.75) is 39.3 Å². The number of hydrogen-bond donors (Lipinski definition) is 1. The van der Waals surface area contributed by atoms with Gasteiger partial charge in [0, 0.05) is 22.7 Å². The molecular weight excluding hydrogens is 479 g/mol. The minimum Gasteiger partial charge on any atom is -0.457 e. The summed E-state index contributed by atoms with van der Waals surface area (Å²) in [4.78, 5) is 24.3. The third-order valence-electron chi connectivity index (χ3n) is 3.61. The van der Waals surface area contributed by atoms with Crippen molar-refractivity contribution in [3.63, 3.8) is 0 Å². The van der Waals surface area contributed by atoms with Crippen LogP contribution in [0.2, 0.25) is 0 Å². The molecule has 0 aliphatic rings. The van der Waals surface area contributed by atoms with E-state index in [-0.39, 0.29) is 18.2 Å². The summed E-state index contributed by atoms with van der Waals surface area (Å²) in [6, 6.07) is 10.1. The summed E-state index contributed by atoms with van der Waals surface area (Å²) in [5.41, 5.74) is 0.943. The van der Waals surface area contributed by atoms with Gasteiger partial charge in [0.05, 0.1) is 0 Å². The van der Waals surface area contributed by atoms with Gasteiger partial charge in [-0.3, -0.25) is 4.79 Å². The predicted octanol–water partition coefficient (Wildman–Crippen LogP) is 5.63. The molecule has 31 heavy (non-hydrogen) atoms. The largest absolute Gasteiger partial charge is 0.573 e. The summed E-state index contributed by atoms with van der Waals surface area (Å²) < 4.78 is 46.3. The Balaban J connectivity index is 2.01. The van der Waals surface area contributed by atoms with Crippen molar-refractivity contribution < 1.29 is 32.2 Å². The first-order valence-electron chi connectivity index (χ1n) is 9.15. The number of benzene rings is 2. The summed E-state index contributed by atoms with van der Waals surface area (Å²) in [5.74, 6) is -1.23. The molecule has 2 aromatic rings. The van der Waals surface area contributed by atoms with E-state index in [0.29, 0.717) is 21.2 Å². The van der Waals surface area contributed by atoms with Gasteiger partial charge in [0.15, 0.2) is 0 Å².